The molecule has 2 aromatic rings. The maximum atomic E-state index is 11.9. The van der Waals surface area contributed by atoms with Gasteiger partial charge in [0.25, 0.3) is 5.91 Å². The fourth-order valence-electron chi connectivity index (χ4n) is 2.02. The van der Waals surface area contributed by atoms with Gasteiger partial charge in [-0.15, -0.1) is 11.3 Å². The number of anilines is 1. The standard InChI is InChI=1S/C18H22N2O4S/c1-18(2,3)12-5-7-14(8-6-12)24-10-15(21)20-17-19-13(11-25-17)9-16(22)23-4/h5-8,11H,9-10H2,1-4H3,(H,19,20,21). The Morgan fingerprint density at radius 1 is 1.20 bits per heavy atom. The number of aromatic nitrogens is 1. The molecule has 0 aliphatic carbocycles. The van der Waals surface area contributed by atoms with E-state index in [-0.39, 0.29) is 30.3 Å². The number of hydrogen-bond acceptors (Lipinski definition) is 6. The van der Waals surface area contributed by atoms with Gasteiger partial charge in [0.05, 0.1) is 19.2 Å². The number of amides is 1. The van der Waals surface area contributed by atoms with E-state index >= 15 is 0 Å². The highest BCUT2D eigenvalue weighted by Crippen LogP contribution is 2.24. The van der Waals surface area contributed by atoms with Crippen LogP contribution >= 0.6 is 11.3 Å². The van der Waals surface area contributed by atoms with Gasteiger partial charge in [0, 0.05) is 5.38 Å². The second kappa shape index (κ2) is 8.11. The fraction of sp³-hybridized carbons (Fsp3) is 0.389. The lowest BCUT2D eigenvalue weighted by molar-refractivity contribution is -0.139. The summed E-state index contributed by atoms with van der Waals surface area (Å²) < 4.78 is 10.1. The van der Waals surface area contributed by atoms with Gasteiger partial charge in [-0.05, 0) is 23.1 Å². The predicted molar refractivity (Wildman–Crippen MR) is 97.1 cm³/mol. The minimum atomic E-state index is -0.370. The van der Waals surface area contributed by atoms with Gasteiger partial charge in [-0.2, -0.15) is 0 Å². The number of nitrogens with zero attached hydrogens (tertiary/aromatic N) is 1. The number of rotatable bonds is 6. The molecule has 6 nitrogen and oxygen atoms in total. The molecule has 0 bridgehead atoms. The van der Waals surface area contributed by atoms with Crippen molar-refractivity contribution in [3.05, 3.63) is 40.9 Å². The fourth-order valence-corrected chi connectivity index (χ4v) is 2.75. The van der Waals surface area contributed by atoms with Crippen LogP contribution in [0.1, 0.15) is 32.0 Å². The Morgan fingerprint density at radius 3 is 2.48 bits per heavy atom. The third-order valence-electron chi connectivity index (χ3n) is 3.44. The Labute approximate surface area is 151 Å². The minimum Gasteiger partial charge on any atom is -0.484 e. The van der Waals surface area contributed by atoms with E-state index in [1.165, 1.54) is 24.0 Å². The molecular formula is C18H22N2O4S. The SMILES string of the molecule is COC(=O)Cc1csc(NC(=O)COc2ccc(C(C)(C)C)cc2)n1. The molecule has 0 aliphatic heterocycles. The van der Waals surface area contributed by atoms with Crippen molar-refractivity contribution in [2.24, 2.45) is 0 Å². The molecule has 2 rings (SSSR count). The zero-order valence-corrected chi connectivity index (χ0v) is 15.6. The number of carbonyl (C=O) groups is 2. The molecule has 0 atom stereocenters. The molecule has 0 saturated heterocycles. The summed E-state index contributed by atoms with van der Waals surface area (Å²) in [5.41, 5.74) is 1.83. The third kappa shape index (κ3) is 5.86. The van der Waals surface area contributed by atoms with E-state index in [2.05, 4.69) is 35.8 Å². The average molecular weight is 362 g/mol. The van der Waals surface area contributed by atoms with Crippen molar-refractivity contribution < 1.29 is 19.1 Å². The Bertz CT molecular complexity index is 732. The summed E-state index contributed by atoms with van der Waals surface area (Å²) in [6.07, 6.45) is 0.0828. The summed E-state index contributed by atoms with van der Waals surface area (Å²) in [6.45, 7) is 6.30. The van der Waals surface area contributed by atoms with Crippen molar-refractivity contribution in [1.29, 1.82) is 0 Å². The first kappa shape index (κ1) is 18.9. The Balaban J connectivity index is 1.83. The quantitative estimate of drug-likeness (QED) is 0.799. The molecule has 1 amide bonds. The Morgan fingerprint density at radius 2 is 1.88 bits per heavy atom. The lowest BCUT2D eigenvalue weighted by atomic mass is 9.87. The Kier molecular flexibility index (Phi) is 6.14. The highest BCUT2D eigenvalue weighted by atomic mass is 32.1. The van der Waals surface area contributed by atoms with Gasteiger partial charge in [-0.3, -0.25) is 14.9 Å². The second-order valence-corrected chi connectivity index (χ2v) is 7.37. The summed E-state index contributed by atoms with van der Waals surface area (Å²) in [7, 11) is 1.32. The van der Waals surface area contributed by atoms with Gasteiger partial charge in [-0.1, -0.05) is 32.9 Å². The predicted octanol–water partition coefficient (Wildman–Crippen LogP) is 3.17. The lowest BCUT2D eigenvalue weighted by Crippen LogP contribution is -2.20. The smallest absolute Gasteiger partial charge is 0.311 e. The van der Waals surface area contributed by atoms with Gasteiger partial charge in [-0.25, -0.2) is 4.98 Å². The van der Waals surface area contributed by atoms with Gasteiger partial charge >= 0.3 is 5.97 Å². The number of benzene rings is 1. The van der Waals surface area contributed by atoms with E-state index in [1.54, 1.807) is 5.38 Å². The summed E-state index contributed by atoms with van der Waals surface area (Å²) in [5, 5.41) is 4.78. The highest BCUT2D eigenvalue weighted by molar-refractivity contribution is 7.13. The molecule has 0 radical (unpaired) electrons. The number of nitrogens with one attached hydrogen (secondary N) is 1. The largest absolute Gasteiger partial charge is 0.484 e. The molecule has 0 spiro atoms. The van der Waals surface area contributed by atoms with E-state index in [0.29, 0.717) is 16.6 Å². The van der Waals surface area contributed by atoms with Crippen molar-refractivity contribution >= 4 is 28.3 Å². The van der Waals surface area contributed by atoms with Crippen molar-refractivity contribution in [2.75, 3.05) is 19.0 Å². The summed E-state index contributed by atoms with van der Waals surface area (Å²) in [5.74, 6) is -0.0438. The van der Waals surface area contributed by atoms with Crippen LogP contribution in [0.4, 0.5) is 5.13 Å². The van der Waals surface area contributed by atoms with Crippen LogP contribution in [0.3, 0.4) is 0 Å². The molecule has 0 unspecified atom stereocenters. The molecule has 134 valence electrons. The average Bonchev–Trinajstić information content (AvgIpc) is 2.99. The maximum Gasteiger partial charge on any atom is 0.311 e. The van der Waals surface area contributed by atoms with Crippen LogP contribution in [0, 0.1) is 0 Å². The monoisotopic (exact) mass is 362 g/mol. The number of ether oxygens (including phenoxy) is 2. The van der Waals surface area contributed by atoms with Crippen LogP contribution in [-0.2, 0) is 26.2 Å². The van der Waals surface area contributed by atoms with E-state index in [1.807, 2.05) is 24.3 Å². The molecule has 25 heavy (non-hydrogen) atoms. The lowest BCUT2D eigenvalue weighted by Gasteiger charge is -2.19. The van der Waals surface area contributed by atoms with Crippen LogP contribution in [0.25, 0.3) is 0 Å². The Hall–Kier alpha value is -2.41. The first-order valence-corrected chi connectivity index (χ1v) is 8.70. The number of esters is 1. The van der Waals surface area contributed by atoms with Crippen molar-refractivity contribution in [1.82, 2.24) is 4.98 Å². The second-order valence-electron chi connectivity index (χ2n) is 6.51. The zero-order chi connectivity index (χ0) is 18.4. The number of hydrogen-bond donors (Lipinski definition) is 1. The van der Waals surface area contributed by atoms with Crippen LogP contribution in [0.2, 0.25) is 0 Å². The van der Waals surface area contributed by atoms with E-state index in [4.69, 9.17) is 4.74 Å². The topological polar surface area (TPSA) is 77.5 Å². The third-order valence-corrected chi connectivity index (χ3v) is 4.25. The molecule has 1 aromatic carbocycles. The highest BCUT2D eigenvalue weighted by Gasteiger charge is 2.14. The van der Waals surface area contributed by atoms with Crippen LogP contribution in [-0.4, -0.2) is 30.6 Å². The number of thiazole rings is 1. The van der Waals surface area contributed by atoms with Crippen molar-refractivity contribution in [3.63, 3.8) is 0 Å². The first-order valence-electron chi connectivity index (χ1n) is 7.82. The van der Waals surface area contributed by atoms with Gasteiger partial charge in [0.2, 0.25) is 0 Å². The van der Waals surface area contributed by atoms with Gasteiger partial charge in [0.1, 0.15) is 5.75 Å². The molecule has 0 fully saturated rings. The number of methoxy groups -OCH3 is 1. The van der Waals surface area contributed by atoms with Crippen molar-refractivity contribution in [3.8, 4) is 5.75 Å². The van der Waals surface area contributed by atoms with Crippen LogP contribution in [0.15, 0.2) is 29.6 Å². The molecule has 7 heteroatoms. The maximum absolute atomic E-state index is 11.9. The number of carbonyl (C=O) groups excluding carboxylic acids is 2. The van der Waals surface area contributed by atoms with Crippen molar-refractivity contribution in [2.45, 2.75) is 32.6 Å². The molecule has 0 saturated carbocycles. The van der Waals surface area contributed by atoms with Crippen LogP contribution < -0.4 is 10.1 Å². The molecular weight excluding hydrogens is 340 g/mol. The summed E-state index contributed by atoms with van der Waals surface area (Å²) >= 11 is 1.25. The van der Waals surface area contributed by atoms with E-state index < -0.39 is 0 Å². The minimum absolute atomic E-state index is 0.0721. The molecule has 1 N–H and O–H groups in total. The summed E-state index contributed by atoms with van der Waals surface area (Å²) in [4.78, 5) is 27.3. The van der Waals surface area contributed by atoms with Gasteiger partial charge in [0.15, 0.2) is 11.7 Å². The first-order chi connectivity index (χ1) is 11.8. The van der Waals surface area contributed by atoms with Gasteiger partial charge < -0.3 is 9.47 Å². The molecule has 0 aliphatic rings. The zero-order valence-electron chi connectivity index (χ0n) is 14.8. The molecule has 1 heterocycles. The van der Waals surface area contributed by atoms with Crippen LogP contribution in [0.5, 0.6) is 5.75 Å². The van der Waals surface area contributed by atoms with E-state index in [0.717, 1.165) is 0 Å². The van der Waals surface area contributed by atoms with E-state index in [9.17, 15) is 9.59 Å². The molecule has 1 aromatic heterocycles. The normalized spacial score (nSPS) is 11.0. The summed E-state index contributed by atoms with van der Waals surface area (Å²) in [6, 6.07) is 7.69.